The summed E-state index contributed by atoms with van der Waals surface area (Å²) < 4.78 is 19.1. The van der Waals surface area contributed by atoms with Gasteiger partial charge in [-0.25, -0.2) is 4.39 Å². The van der Waals surface area contributed by atoms with Crippen molar-refractivity contribution < 1.29 is 13.9 Å². The van der Waals surface area contributed by atoms with Crippen LogP contribution >= 0.6 is 12.6 Å². The van der Waals surface area contributed by atoms with Crippen LogP contribution in [0.5, 0.6) is 0 Å². The molecule has 1 aliphatic rings. The van der Waals surface area contributed by atoms with Crippen molar-refractivity contribution in [2.24, 2.45) is 0 Å². The normalized spacial score (nSPS) is 23.1. The summed E-state index contributed by atoms with van der Waals surface area (Å²) in [6.07, 6.45) is 0.771. The second kappa shape index (κ2) is 5.28. The van der Waals surface area contributed by atoms with E-state index in [4.69, 9.17) is 4.74 Å². The SMILES string of the molecule is CC1OCCC1N(C)C(=O)c1cc(S)ccc1F. The summed E-state index contributed by atoms with van der Waals surface area (Å²) in [5.74, 6) is -0.845. The van der Waals surface area contributed by atoms with E-state index >= 15 is 0 Å². The number of carbonyl (C=O) groups excluding carboxylic acids is 1. The van der Waals surface area contributed by atoms with Gasteiger partial charge in [0.2, 0.25) is 0 Å². The molecule has 2 atom stereocenters. The summed E-state index contributed by atoms with van der Waals surface area (Å²) in [7, 11) is 1.68. The number of halogens is 1. The van der Waals surface area contributed by atoms with Crippen molar-refractivity contribution >= 4 is 18.5 Å². The van der Waals surface area contributed by atoms with Gasteiger partial charge in [0.05, 0.1) is 17.7 Å². The summed E-state index contributed by atoms with van der Waals surface area (Å²) in [6, 6.07) is 4.24. The first-order valence-corrected chi connectivity index (χ1v) is 6.32. The van der Waals surface area contributed by atoms with Crippen LogP contribution in [0, 0.1) is 5.82 Å². The van der Waals surface area contributed by atoms with Crippen molar-refractivity contribution in [1.82, 2.24) is 4.90 Å². The Balaban J connectivity index is 2.22. The van der Waals surface area contributed by atoms with Gasteiger partial charge in [-0.05, 0) is 31.5 Å². The number of amides is 1. The zero-order valence-electron chi connectivity index (χ0n) is 10.4. The second-order valence-corrected chi connectivity index (χ2v) is 5.03. The first kappa shape index (κ1) is 13.4. The molecular formula is C13H16FNO2S. The lowest BCUT2D eigenvalue weighted by Gasteiger charge is -2.27. The van der Waals surface area contributed by atoms with Crippen LogP contribution in [-0.4, -0.2) is 36.6 Å². The highest BCUT2D eigenvalue weighted by atomic mass is 32.1. The highest BCUT2D eigenvalue weighted by Crippen LogP contribution is 2.22. The number of rotatable bonds is 2. The van der Waals surface area contributed by atoms with Gasteiger partial charge in [0, 0.05) is 18.6 Å². The zero-order chi connectivity index (χ0) is 13.3. The van der Waals surface area contributed by atoms with Gasteiger partial charge in [-0.15, -0.1) is 12.6 Å². The molecule has 18 heavy (non-hydrogen) atoms. The highest BCUT2D eigenvalue weighted by molar-refractivity contribution is 7.80. The van der Waals surface area contributed by atoms with E-state index in [0.717, 1.165) is 6.42 Å². The van der Waals surface area contributed by atoms with Gasteiger partial charge in [0.15, 0.2) is 0 Å². The van der Waals surface area contributed by atoms with E-state index < -0.39 is 5.82 Å². The molecule has 1 aliphatic heterocycles. The van der Waals surface area contributed by atoms with Gasteiger partial charge in [0.1, 0.15) is 5.82 Å². The lowest BCUT2D eigenvalue weighted by molar-refractivity contribution is 0.0570. The molecule has 1 amide bonds. The molecular weight excluding hydrogens is 253 g/mol. The Morgan fingerprint density at radius 3 is 2.89 bits per heavy atom. The molecule has 3 nitrogen and oxygen atoms in total. The first-order valence-electron chi connectivity index (χ1n) is 5.88. The predicted octanol–water partition coefficient (Wildman–Crippen LogP) is 2.36. The molecule has 0 N–H and O–H groups in total. The molecule has 0 spiro atoms. The van der Waals surface area contributed by atoms with Gasteiger partial charge >= 0.3 is 0 Å². The van der Waals surface area contributed by atoms with Gasteiger partial charge in [0.25, 0.3) is 5.91 Å². The number of carbonyl (C=O) groups is 1. The van der Waals surface area contributed by atoms with E-state index in [1.807, 2.05) is 6.92 Å². The average Bonchev–Trinajstić information content (AvgIpc) is 2.77. The van der Waals surface area contributed by atoms with Gasteiger partial charge in [-0.3, -0.25) is 4.79 Å². The molecule has 2 rings (SSSR count). The van der Waals surface area contributed by atoms with Crippen LogP contribution in [0.25, 0.3) is 0 Å². The molecule has 1 saturated heterocycles. The van der Waals surface area contributed by atoms with Crippen molar-refractivity contribution in [3.8, 4) is 0 Å². The first-order chi connectivity index (χ1) is 8.50. The minimum Gasteiger partial charge on any atom is -0.376 e. The molecule has 1 heterocycles. The third-order valence-electron chi connectivity index (χ3n) is 3.33. The molecule has 0 aliphatic carbocycles. The van der Waals surface area contributed by atoms with Crippen molar-refractivity contribution in [1.29, 1.82) is 0 Å². The Kier molecular flexibility index (Phi) is 3.92. The number of hydrogen-bond donors (Lipinski definition) is 1. The minimum atomic E-state index is -0.517. The number of likely N-dealkylation sites (N-methyl/N-ethyl adjacent to an activating group) is 1. The van der Waals surface area contributed by atoms with E-state index in [2.05, 4.69) is 12.6 Å². The fourth-order valence-electron chi connectivity index (χ4n) is 2.25. The van der Waals surface area contributed by atoms with Crippen LogP contribution in [0.4, 0.5) is 4.39 Å². The Hall–Kier alpha value is -1.07. The average molecular weight is 269 g/mol. The van der Waals surface area contributed by atoms with Crippen molar-refractivity contribution in [2.45, 2.75) is 30.4 Å². The van der Waals surface area contributed by atoms with Crippen LogP contribution < -0.4 is 0 Å². The van der Waals surface area contributed by atoms with Crippen LogP contribution in [0.15, 0.2) is 23.1 Å². The minimum absolute atomic E-state index is 0.000438. The third kappa shape index (κ3) is 2.52. The zero-order valence-corrected chi connectivity index (χ0v) is 11.3. The summed E-state index contributed by atoms with van der Waals surface area (Å²) in [4.78, 5) is 14.4. The Morgan fingerprint density at radius 2 is 2.28 bits per heavy atom. The van der Waals surface area contributed by atoms with Crippen LogP contribution in [0.2, 0.25) is 0 Å². The monoisotopic (exact) mass is 269 g/mol. The van der Waals surface area contributed by atoms with E-state index in [0.29, 0.717) is 11.5 Å². The molecule has 0 radical (unpaired) electrons. The molecule has 2 unspecified atom stereocenters. The van der Waals surface area contributed by atoms with Crippen LogP contribution in [-0.2, 0) is 4.74 Å². The maximum Gasteiger partial charge on any atom is 0.256 e. The van der Waals surface area contributed by atoms with Crippen LogP contribution in [0.3, 0.4) is 0 Å². The lowest BCUT2D eigenvalue weighted by Crippen LogP contribution is -2.41. The molecule has 5 heteroatoms. The lowest BCUT2D eigenvalue weighted by atomic mass is 10.1. The van der Waals surface area contributed by atoms with Crippen molar-refractivity contribution in [3.63, 3.8) is 0 Å². The van der Waals surface area contributed by atoms with Crippen molar-refractivity contribution in [2.75, 3.05) is 13.7 Å². The van der Waals surface area contributed by atoms with Gasteiger partial charge < -0.3 is 9.64 Å². The fraction of sp³-hybridized carbons (Fsp3) is 0.462. The maximum atomic E-state index is 13.7. The standard InChI is InChI=1S/C13H16FNO2S/c1-8-12(5-6-17-8)15(2)13(16)10-7-9(18)3-4-11(10)14/h3-4,7-8,12,18H,5-6H2,1-2H3. The Morgan fingerprint density at radius 1 is 1.56 bits per heavy atom. The number of nitrogens with zero attached hydrogens (tertiary/aromatic N) is 1. The van der Waals surface area contributed by atoms with E-state index in [1.165, 1.54) is 18.2 Å². The number of hydrogen-bond acceptors (Lipinski definition) is 3. The quantitative estimate of drug-likeness (QED) is 0.835. The topological polar surface area (TPSA) is 29.5 Å². The van der Waals surface area contributed by atoms with E-state index in [9.17, 15) is 9.18 Å². The summed E-state index contributed by atoms with van der Waals surface area (Å²) in [6.45, 7) is 2.56. The third-order valence-corrected chi connectivity index (χ3v) is 3.61. The summed E-state index contributed by atoms with van der Waals surface area (Å²) >= 11 is 4.13. The fourth-order valence-corrected chi connectivity index (χ4v) is 2.45. The maximum absolute atomic E-state index is 13.7. The highest BCUT2D eigenvalue weighted by Gasteiger charge is 2.31. The summed E-state index contributed by atoms with van der Waals surface area (Å²) in [5, 5.41) is 0. The molecule has 0 saturated carbocycles. The van der Waals surface area contributed by atoms with E-state index in [-0.39, 0.29) is 23.6 Å². The molecule has 98 valence electrons. The van der Waals surface area contributed by atoms with Gasteiger partial charge in [-0.2, -0.15) is 0 Å². The molecule has 0 aromatic heterocycles. The number of thiol groups is 1. The number of ether oxygens (including phenoxy) is 1. The number of benzene rings is 1. The Labute approximate surface area is 111 Å². The molecule has 1 fully saturated rings. The Bertz CT molecular complexity index is 466. The molecule has 0 bridgehead atoms. The second-order valence-electron chi connectivity index (χ2n) is 4.51. The molecule has 1 aromatic carbocycles. The largest absolute Gasteiger partial charge is 0.376 e. The van der Waals surface area contributed by atoms with E-state index in [1.54, 1.807) is 11.9 Å². The molecule has 1 aromatic rings. The predicted molar refractivity (Wildman–Crippen MR) is 69.6 cm³/mol. The van der Waals surface area contributed by atoms with Gasteiger partial charge in [-0.1, -0.05) is 0 Å². The smallest absolute Gasteiger partial charge is 0.256 e. The van der Waals surface area contributed by atoms with Crippen molar-refractivity contribution in [3.05, 3.63) is 29.6 Å². The van der Waals surface area contributed by atoms with Crippen LogP contribution in [0.1, 0.15) is 23.7 Å². The summed E-state index contributed by atoms with van der Waals surface area (Å²) in [5.41, 5.74) is 0.0594.